The van der Waals surface area contributed by atoms with Gasteiger partial charge in [0.1, 0.15) is 6.54 Å². The predicted molar refractivity (Wildman–Crippen MR) is 117 cm³/mol. The average Bonchev–Trinajstić information content (AvgIpc) is 3.45. The highest BCUT2D eigenvalue weighted by Gasteiger charge is 2.12. The number of thiophene rings is 1. The molecule has 0 atom stereocenters. The molecule has 0 saturated heterocycles. The number of fused-ring (bicyclic) bond motifs is 1. The second kappa shape index (κ2) is 7.92. The molecular weight excluding hydrogens is 414 g/mol. The van der Waals surface area contributed by atoms with Crippen molar-refractivity contribution in [3.05, 3.63) is 82.9 Å². The molecule has 1 N–H and O–H groups in total. The number of amides is 1. The van der Waals surface area contributed by atoms with Crippen molar-refractivity contribution in [2.45, 2.75) is 6.54 Å². The van der Waals surface area contributed by atoms with Crippen molar-refractivity contribution in [1.29, 1.82) is 0 Å². The number of aromatic nitrogens is 6. The van der Waals surface area contributed by atoms with E-state index in [-0.39, 0.29) is 18.0 Å². The molecule has 0 saturated carbocycles. The zero-order valence-corrected chi connectivity index (χ0v) is 16.9. The van der Waals surface area contributed by atoms with Crippen LogP contribution in [-0.4, -0.2) is 35.3 Å². The van der Waals surface area contributed by atoms with Crippen molar-refractivity contribution in [2.24, 2.45) is 0 Å². The minimum absolute atomic E-state index is 0.105. The lowest BCUT2D eigenvalue weighted by Crippen LogP contribution is -2.26. The van der Waals surface area contributed by atoms with Gasteiger partial charge in [-0.3, -0.25) is 14.2 Å². The smallest absolute Gasteiger partial charge is 0.253 e. The van der Waals surface area contributed by atoms with E-state index < -0.39 is 0 Å². The van der Waals surface area contributed by atoms with Gasteiger partial charge in [-0.1, -0.05) is 18.2 Å². The summed E-state index contributed by atoms with van der Waals surface area (Å²) in [5.41, 5.74) is 2.65. The van der Waals surface area contributed by atoms with Gasteiger partial charge in [0.15, 0.2) is 11.5 Å². The van der Waals surface area contributed by atoms with Crippen LogP contribution in [0.25, 0.3) is 27.6 Å². The first-order valence-electron chi connectivity index (χ1n) is 9.34. The van der Waals surface area contributed by atoms with E-state index in [1.54, 1.807) is 28.0 Å². The Morgan fingerprint density at radius 3 is 2.68 bits per heavy atom. The van der Waals surface area contributed by atoms with Crippen LogP contribution >= 0.6 is 11.3 Å². The summed E-state index contributed by atoms with van der Waals surface area (Å²) in [4.78, 5) is 28.8. The Morgan fingerprint density at radius 1 is 1.03 bits per heavy atom. The van der Waals surface area contributed by atoms with Crippen LogP contribution in [0.4, 0.5) is 5.69 Å². The van der Waals surface area contributed by atoms with Crippen LogP contribution in [-0.2, 0) is 11.3 Å². The van der Waals surface area contributed by atoms with Crippen molar-refractivity contribution in [3.63, 3.8) is 0 Å². The first-order valence-corrected chi connectivity index (χ1v) is 10.2. The molecule has 0 fully saturated rings. The summed E-state index contributed by atoms with van der Waals surface area (Å²) in [7, 11) is 0. The molecular formula is C21H15N7O2S. The third-order valence-electron chi connectivity index (χ3n) is 4.58. The van der Waals surface area contributed by atoms with E-state index in [2.05, 4.69) is 25.6 Å². The monoisotopic (exact) mass is 429 g/mol. The third-order valence-corrected chi connectivity index (χ3v) is 5.44. The second-order valence-electron chi connectivity index (χ2n) is 6.66. The molecule has 4 aromatic heterocycles. The quantitative estimate of drug-likeness (QED) is 0.460. The Hall–Kier alpha value is -4.18. The molecule has 5 rings (SSSR count). The summed E-state index contributed by atoms with van der Waals surface area (Å²) in [6, 6.07) is 16.3. The maximum Gasteiger partial charge on any atom is 0.253 e. The van der Waals surface area contributed by atoms with Crippen LogP contribution in [0.2, 0.25) is 0 Å². The third kappa shape index (κ3) is 3.83. The number of anilines is 1. The van der Waals surface area contributed by atoms with Crippen molar-refractivity contribution in [2.75, 3.05) is 5.32 Å². The Balaban J connectivity index is 1.35. The van der Waals surface area contributed by atoms with Gasteiger partial charge in [0.05, 0.1) is 16.9 Å². The predicted octanol–water partition coefficient (Wildman–Crippen LogP) is 2.72. The molecule has 5 aromatic rings. The zero-order chi connectivity index (χ0) is 21.2. The Labute approximate surface area is 179 Å². The van der Waals surface area contributed by atoms with E-state index in [9.17, 15) is 9.59 Å². The van der Waals surface area contributed by atoms with E-state index in [1.165, 1.54) is 23.2 Å². The molecule has 1 amide bonds. The first-order chi connectivity index (χ1) is 15.2. The van der Waals surface area contributed by atoms with E-state index in [4.69, 9.17) is 0 Å². The van der Waals surface area contributed by atoms with Crippen LogP contribution in [0.1, 0.15) is 0 Å². The number of hydrogen-bond acceptors (Lipinski definition) is 7. The van der Waals surface area contributed by atoms with Gasteiger partial charge in [0, 0.05) is 23.5 Å². The molecule has 10 heteroatoms. The minimum atomic E-state index is -0.313. The lowest BCUT2D eigenvalue weighted by molar-refractivity contribution is -0.116. The van der Waals surface area contributed by atoms with Crippen LogP contribution < -0.4 is 10.9 Å². The van der Waals surface area contributed by atoms with E-state index in [0.29, 0.717) is 17.2 Å². The zero-order valence-electron chi connectivity index (χ0n) is 16.0. The van der Waals surface area contributed by atoms with Gasteiger partial charge in [-0.15, -0.1) is 21.5 Å². The molecule has 0 spiro atoms. The van der Waals surface area contributed by atoms with Crippen LogP contribution in [0, 0.1) is 0 Å². The van der Waals surface area contributed by atoms with Gasteiger partial charge in [0.2, 0.25) is 5.91 Å². The molecule has 0 unspecified atom stereocenters. The second-order valence-corrected chi connectivity index (χ2v) is 7.61. The number of carbonyl (C=O) groups is 1. The molecule has 152 valence electrons. The fourth-order valence-electron chi connectivity index (χ4n) is 3.08. The van der Waals surface area contributed by atoms with Crippen molar-refractivity contribution >= 4 is 28.6 Å². The highest BCUT2D eigenvalue weighted by atomic mass is 32.1. The fraction of sp³-hybridized carbons (Fsp3) is 0.0476. The SMILES string of the molecule is O=C(Cn1cnccc1=O)Nc1ccc(-c2ccc3nnc(-c4cccs4)n3n2)cc1. The normalized spacial score (nSPS) is 11.0. The summed E-state index contributed by atoms with van der Waals surface area (Å²) < 4.78 is 2.97. The standard InChI is InChI=1S/C21H15N7O2S/c29-19(12-27-13-22-10-9-20(27)30)23-15-5-3-14(4-6-15)16-7-8-18-24-25-21(28(18)26-16)17-2-1-11-31-17/h1-11,13H,12H2,(H,23,29). The molecule has 0 bridgehead atoms. The van der Waals surface area contributed by atoms with Gasteiger partial charge in [-0.05, 0) is 35.7 Å². The summed E-state index contributed by atoms with van der Waals surface area (Å²) in [5, 5.41) is 17.9. The van der Waals surface area contributed by atoms with Crippen molar-refractivity contribution in [1.82, 2.24) is 29.4 Å². The van der Waals surface area contributed by atoms with Crippen LogP contribution in [0.15, 0.2) is 77.3 Å². The molecule has 0 radical (unpaired) electrons. The first kappa shape index (κ1) is 18.8. The molecule has 0 aliphatic carbocycles. The van der Waals surface area contributed by atoms with E-state index >= 15 is 0 Å². The number of carbonyl (C=O) groups excluding carboxylic acids is 1. The van der Waals surface area contributed by atoms with Crippen LogP contribution in [0.3, 0.4) is 0 Å². The molecule has 1 aromatic carbocycles. The highest BCUT2D eigenvalue weighted by Crippen LogP contribution is 2.25. The highest BCUT2D eigenvalue weighted by molar-refractivity contribution is 7.13. The molecule has 4 heterocycles. The van der Waals surface area contributed by atoms with Gasteiger partial charge < -0.3 is 5.32 Å². The number of hydrogen-bond donors (Lipinski definition) is 1. The van der Waals surface area contributed by atoms with Gasteiger partial charge >= 0.3 is 0 Å². The summed E-state index contributed by atoms with van der Waals surface area (Å²) >= 11 is 1.58. The topological polar surface area (TPSA) is 107 Å². The summed E-state index contributed by atoms with van der Waals surface area (Å²) in [6.07, 6.45) is 2.73. The summed E-state index contributed by atoms with van der Waals surface area (Å²) in [5.74, 6) is 0.383. The van der Waals surface area contributed by atoms with Gasteiger partial charge in [0.25, 0.3) is 5.56 Å². The molecule has 31 heavy (non-hydrogen) atoms. The number of nitrogens with zero attached hydrogens (tertiary/aromatic N) is 6. The van der Waals surface area contributed by atoms with Gasteiger partial charge in [-0.2, -0.15) is 9.61 Å². The maximum atomic E-state index is 12.2. The number of benzene rings is 1. The summed E-state index contributed by atoms with van der Waals surface area (Å²) in [6.45, 7) is -0.105. The van der Waals surface area contributed by atoms with E-state index in [0.717, 1.165) is 16.1 Å². The average molecular weight is 429 g/mol. The Morgan fingerprint density at radius 2 is 1.90 bits per heavy atom. The number of rotatable bonds is 5. The Bertz CT molecular complexity index is 1420. The van der Waals surface area contributed by atoms with Crippen molar-refractivity contribution < 1.29 is 4.79 Å². The molecule has 0 aliphatic heterocycles. The maximum absolute atomic E-state index is 12.2. The Kier molecular flexibility index (Phi) is 4.81. The lowest BCUT2D eigenvalue weighted by Gasteiger charge is -2.08. The van der Waals surface area contributed by atoms with Gasteiger partial charge in [-0.25, -0.2) is 4.98 Å². The van der Waals surface area contributed by atoms with Crippen molar-refractivity contribution in [3.8, 4) is 22.0 Å². The fourth-order valence-corrected chi connectivity index (χ4v) is 3.77. The molecule has 9 nitrogen and oxygen atoms in total. The van der Waals surface area contributed by atoms with Crippen LogP contribution in [0.5, 0.6) is 0 Å². The lowest BCUT2D eigenvalue weighted by atomic mass is 10.1. The number of nitrogens with one attached hydrogen (secondary N) is 1. The minimum Gasteiger partial charge on any atom is -0.325 e. The molecule has 0 aliphatic rings. The van der Waals surface area contributed by atoms with E-state index in [1.807, 2.05) is 41.8 Å². The largest absolute Gasteiger partial charge is 0.325 e.